The predicted molar refractivity (Wildman–Crippen MR) is 93.1 cm³/mol. The SMILES string of the molecule is CCNC(Cc1ccc(F)c(Br)c1)CC(C)CC(C)(C)C. The molecule has 0 aliphatic rings. The molecule has 0 aliphatic heterocycles. The van der Waals surface area contributed by atoms with Crippen LogP contribution in [0.1, 0.15) is 53.0 Å². The van der Waals surface area contributed by atoms with Crippen LogP contribution in [0.4, 0.5) is 4.39 Å². The van der Waals surface area contributed by atoms with Crippen LogP contribution >= 0.6 is 15.9 Å². The zero-order chi connectivity index (χ0) is 16.0. The summed E-state index contributed by atoms with van der Waals surface area (Å²) in [7, 11) is 0. The van der Waals surface area contributed by atoms with Crippen molar-refractivity contribution < 1.29 is 4.39 Å². The monoisotopic (exact) mass is 357 g/mol. The van der Waals surface area contributed by atoms with E-state index in [1.165, 1.54) is 12.0 Å². The van der Waals surface area contributed by atoms with Crippen LogP contribution in [0, 0.1) is 17.2 Å². The van der Waals surface area contributed by atoms with Crippen molar-refractivity contribution in [2.75, 3.05) is 6.54 Å². The van der Waals surface area contributed by atoms with Gasteiger partial charge in [-0.05, 0) is 70.8 Å². The standard InChI is InChI=1S/C18H29BrFN/c1-6-21-15(9-13(2)12-18(3,4)5)10-14-7-8-17(20)16(19)11-14/h7-8,11,13,15,21H,6,9-10,12H2,1-5H3. The number of nitrogens with one attached hydrogen (secondary N) is 1. The molecule has 0 spiro atoms. The van der Waals surface area contributed by atoms with Crippen LogP contribution in [0.5, 0.6) is 0 Å². The van der Waals surface area contributed by atoms with Crippen LogP contribution in [0.15, 0.2) is 22.7 Å². The first-order valence-corrected chi connectivity index (χ1v) is 8.68. The molecular formula is C18H29BrFN. The van der Waals surface area contributed by atoms with Crippen LogP contribution in [-0.2, 0) is 6.42 Å². The second-order valence-corrected chi connectivity index (χ2v) is 8.17. The largest absolute Gasteiger partial charge is 0.314 e. The first-order valence-electron chi connectivity index (χ1n) is 7.88. The van der Waals surface area contributed by atoms with E-state index in [0.717, 1.165) is 19.4 Å². The van der Waals surface area contributed by atoms with E-state index in [-0.39, 0.29) is 5.82 Å². The molecule has 0 fully saturated rings. The van der Waals surface area contributed by atoms with Crippen molar-refractivity contribution in [2.45, 2.75) is 59.9 Å². The number of hydrogen-bond acceptors (Lipinski definition) is 1. The van der Waals surface area contributed by atoms with E-state index in [2.05, 4.69) is 55.9 Å². The summed E-state index contributed by atoms with van der Waals surface area (Å²) in [5.41, 5.74) is 1.55. The second kappa shape index (κ2) is 8.28. The van der Waals surface area contributed by atoms with Crippen LogP contribution in [0.3, 0.4) is 0 Å². The van der Waals surface area contributed by atoms with Crippen molar-refractivity contribution in [3.8, 4) is 0 Å². The molecule has 2 atom stereocenters. The Kier molecular flexibility index (Phi) is 7.35. The molecule has 0 bridgehead atoms. The van der Waals surface area contributed by atoms with Crippen molar-refractivity contribution in [3.63, 3.8) is 0 Å². The third-order valence-corrected chi connectivity index (χ3v) is 4.21. The van der Waals surface area contributed by atoms with E-state index in [0.29, 0.717) is 21.8 Å². The molecule has 2 unspecified atom stereocenters. The third kappa shape index (κ3) is 7.42. The number of rotatable bonds is 7. The normalized spacial score (nSPS) is 15.0. The zero-order valence-corrected chi connectivity index (χ0v) is 15.6. The molecule has 3 heteroatoms. The summed E-state index contributed by atoms with van der Waals surface area (Å²) < 4.78 is 13.9. The first-order chi connectivity index (χ1) is 9.71. The zero-order valence-electron chi connectivity index (χ0n) is 14.0. The number of benzene rings is 1. The molecule has 1 aromatic rings. The highest BCUT2D eigenvalue weighted by molar-refractivity contribution is 9.10. The first kappa shape index (κ1) is 18.6. The molecule has 0 radical (unpaired) electrons. The molecule has 0 saturated heterocycles. The quantitative estimate of drug-likeness (QED) is 0.672. The minimum Gasteiger partial charge on any atom is -0.314 e. The van der Waals surface area contributed by atoms with Crippen molar-refractivity contribution in [2.24, 2.45) is 11.3 Å². The lowest BCUT2D eigenvalue weighted by Crippen LogP contribution is -2.33. The van der Waals surface area contributed by atoms with Gasteiger partial charge in [-0.15, -0.1) is 0 Å². The predicted octanol–water partition coefficient (Wildman–Crippen LogP) is 5.57. The van der Waals surface area contributed by atoms with Crippen LogP contribution < -0.4 is 5.32 Å². The van der Waals surface area contributed by atoms with Gasteiger partial charge in [0, 0.05) is 6.04 Å². The summed E-state index contributed by atoms with van der Waals surface area (Å²) in [6.07, 6.45) is 3.32. The summed E-state index contributed by atoms with van der Waals surface area (Å²) in [5.74, 6) is 0.484. The Hall–Kier alpha value is -0.410. The summed E-state index contributed by atoms with van der Waals surface area (Å²) in [6, 6.07) is 5.78. The van der Waals surface area contributed by atoms with Crippen LogP contribution in [-0.4, -0.2) is 12.6 Å². The summed E-state index contributed by atoms with van der Waals surface area (Å²) in [6.45, 7) is 12.3. The van der Waals surface area contributed by atoms with E-state index in [1.54, 1.807) is 6.07 Å². The maximum Gasteiger partial charge on any atom is 0.137 e. The summed E-state index contributed by atoms with van der Waals surface area (Å²) in [4.78, 5) is 0. The fourth-order valence-electron chi connectivity index (χ4n) is 3.09. The summed E-state index contributed by atoms with van der Waals surface area (Å²) >= 11 is 3.27. The maximum atomic E-state index is 13.3. The molecule has 0 aliphatic carbocycles. The fraction of sp³-hybridized carbons (Fsp3) is 0.667. The van der Waals surface area contributed by atoms with Crippen molar-refractivity contribution in [3.05, 3.63) is 34.1 Å². The Balaban J connectivity index is 2.66. The van der Waals surface area contributed by atoms with Crippen molar-refractivity contribution >= 4 is 15.9 Å². The number of likely N-dealkylation sites (N-methyl/N-ethyl adjacent to an activating group) is 1. The van der Waals surface area contributed by atoms with Crippen LogP contribution in [0.25, 0.3) is 0 Å². The highest BCUT2D eigenvalue weighted by Crippen LogP contribution is 2.27. The second-order valence-electron chi connectivity index (χ2n) is 7.31. The Morgan fingerprint density at radius 2 is 1.95 bits per heavy atom. The lowest BCUT2D eigenvalue weighted by Gasteiger charge is -2.27. The Morgan fingerprint density at radius 3 is 2.48 bits per heavy atom. The van der Waals surface area contributed by atoms with Gasteiger partial charge in [-0.25, -0.2) is 4.39 Å². The average molecular weight is 358 g/mol. The molecule has 0 heterocycles. The van der Waals surface area contributed by atoms with Gasteiger partial charge in [-0.2, -0.15) is 0 Å². The fourth-order valence-corrected chi connectivity index (χ4v) is 3.52. The lowest BCUT2D eigenvalue weighted by molar-refractivity contribution is 0.275. The van der Waals surface area contributed by atoms with Gasteiger partial charge < -0.3 is 5.32 Å². The minimum atomic E-state index is -0.195. The van der Waals surface area contributed by atoms with Gasteiger partial charge in [-0.3, -0.25) is 0 Å². The van der Waals surface area contributed by atoms with Gasteiger partial charge in [0.2, 0.25) is 0 Å². The molecule has 0 aromatic heterocycles. The van der Waals surface area contributed by atoms with Gasteiger partial charge in [-0.1, -0.05) is 40.7 Å². The molecule has 0 saturated carbocycles. The van der Waals surface area contributed by atoms with Gasteiger partial charge in [0.15, 0.2) is 0 Å². The van der Waals surface area contributed by atoms with Gasteiger partial charge >= 0.3 is 0 Å². The molecular weight excluding hydrogens is 329 g/mol. The van der Waals surface area contributed by atoms with E-state index in [9.17, 15) is 4.39 Å². The van der Waals surface area contributed by atoms with Gasteiger partial charge in [0.05, 0.1) is 4.47 Å². The maximum absolute atomic E-state index is 13.3. The average Bonchev–Trinajstić information content (AvgIpc) is 2.31. The molecule has 1 rings (SSSR count). The molecule has 1 aromatic carbocycles. The highest BCUT2D eigenvalue weighted by atomic mass is 79.9. The van der Waals surface area contributed by atoms with E-state index in [1.807, 2.05) is 12.1 Å². The molecule has 21 heavy (non-hydrogen) atoms. The summed E-state index contributed by atoms with van der Waals surface area (Å²) in [5, 5.41) is 3.57. The van der Waals surface area contributed by atoms with Crippen molar-refractivity contribution in [1.29, 1.82) is 0 Å². The van der Waals surface area contributed by atoms with Gasteiger partial charge in [0.25, 0.3) is 0 Å². The Bertz CT molecular complexity index is 439. The molecule has 1 nitrogen and oxygen atoms in total. The number of halogens is 2. The van der Waals surface area contributed by atoms with Gasteiger partial charge in [0.1, 0.15) is 5.82 Å². The molecule has 0 amide bonds. The van der Waals surface area contributed by atoms with Crippen LogP contribution in [0.2, 0.25) is 0 Å². The topological polar surface area (TPSA) is 12.0 Å². The molecule has 120 valence electrons. The third-order valence-electron chi connectivity index (χ3n) is 3.61. The van der Waals surface area contributed by atoms with E-state index < -0.39 is 0 Å². The Morgan fingerprint density at radius 1 is 1.29 bits per heavy atom. The smallest absolute Gasteiger partial charge is 0.137 e. The van der Waals surface area contributed by atoms with E-state index in [4.69, 9.17) is 0 Å². The van der Waals surface area contributed by atoms with E-state index >= 15 is 0 Å². The lowest BCUT2D eigenvalue weighted by atomic mass is 9.82. The molecule has 1 N–H and O–H groups in total. The van der Waals surface area contributed by atoms with Crippen molar-refractivity contribution in [1.82, 2.24) is 5.32 Å². The minimum absolute atomic E-state index is 0.195. The Labute approximate surface area is 137 Å². The highest BCUT2D eigenvalue weighted by Gasteiger charge is 2.19. The number of hydrogen-bond donors (Lipinski definition) is 1.